The number of nitrogens with zero attached hydrogens (tertiary/aromatic N) is 3. The second-order valence-corrected chi connectivity index (χ2v) is 8.43. The number of rotatable bonds is 7. The van der Waals surface area contributed by atoms with Crippen LogP contribution in [0.4, 0.5) is 0 Å². The summed E-state index contributed by atoms with van der Waals surface area (Å²) >= 11 is 4.91. The minimum absolute atomic E-state index is 0.0927. The van der Waals surface area contributed by atoms with Gasteiger partial charge in [0.2, 0.25) is 5.91 Å². The molecule has 1 saturated heterocycles. The summed E-state index contributed by atoms with van der Waals surface area (Å²) in [5, 5.41) is 9.12. The number of methoxy groups -OCH3 is 1. The van der Waals surface area contributed by atoms with Gasteiger partial charge >= 0.3 is 0 Å². The topological polar surface area (TPSA) is 54.3 Å². The second-order valence-electron chi connectivity index (χ2n) is 6.35. The molecule has 0 N–H and O–H groups in total. The van der Waals surface area contributed by atoms with E-state index in [1.54, 1.807) is 18.2 Å². The zero-order valence-electron chi connectivity index (χ0n) is 15.8. The first kappa shape index (κ1) is 20.6. The number of halogens is 1. The van der Waals surface area contributed by atoms with Crippen molar-refractivity contribution in [2.24, 2.45) is 10.2 Å². The number of benzene rings is 2. The molecule has 0 aromatic heterocycles. The number of carbonyl (C=O) groups excluding carboxylic acids is 1. The van der Waals surface area contributed by atoms with Crippen molar-refractivity contribution in [1.29, 1.82) is 0 Å². The van der Waals surface area contributed by atoms with Crippen LogP contribution < -0.4 is 4.74 Å². The van der Waals surface area contributed by atoms with Crippen molar-refractivity contribution in [3.05, 3.63) is 64.1 Å². The third-order valence-corrected chi connectivity index (χ3v) is 6.05. The maximum absolute atomic E-state index is 12.8. The lowest BCUT2D eigenvalue weighted by molar-refractivity contribution is -0.126. The van der Waals surface area contributed by atoms with Crippen LogP contribution >= 0.6 is 27.7 Å². The summed E-state index contributed by atoms with van der Waals surface area (Å²) in [5.41, 5.74) is 1.98. The smallest absolute Gasteiger partial charge is 0.242 e. The van der Waals surface area contributed by atoms with Gasteiger partial charge in [0.1, 0.15) is 5.75 Å². The first-order valence-electron chi connectivity index (χ1n) is 9.08. The van der Waals surface area contributed by atoms with Crippen LogP contribution in [0.15, 0.2) is 63.2 Å². The Kier molecular flexibility index (Phi) is 7.28. The maximum atomic E-state index is 12.8. The van der Waals surface area contributed by atoms with E-state index in [0.29, 0.717) is 11.7 Å². The lowest BCUT2D eigenvalue weighted by Gasteiger charge is -2.16. The average molecular weight is 460 g/mol. The van der Waals surface area contributed by atoms with Gasteiger partial charge in [-0.05, 0) is 41.8 Å². The number of hydrogen-bond donors (Lipinski definition) is 0. The summed E-state index contributed by atoms with van der Waals surface area (Å²) in [6.07, 6.45) is 3.48. The van der Waals surface area contributed by atoms with Crippen molar-refractivity contribution in [1.82, 2.24) is 4.90 Å². The van der Waals surface area contributed by atoms with Crippen LogP contribution in [-0.2, 0) is 11.3 Å². The summed E-state index contributed by atoms with van der Waals surface area (Å²) in [7, 11) is 1.64. The predicted molar refractivity (Wildman–Crippen MR) is 119 cm³/mol. The van der Waals surface area contributed by atoms with Crippen molar-refractivity contribution in [2.45, 2.75) is 31.6 Å². The van der Waals surface area contributed by atoms with Crippen molar-refractivity contribution in [2.75, 3.05) is 7.11 Å². The molecule has 0 saturated carbocycles. The van der Waals surface area contributed by atoms with Crippen molar-refractivity contribution >= 4 is 45.0 Å². The van der Waals surface area contributed by atoms with E-state index in [1.165, 1.54) is 11.8 Å². The van der Waals surface area contributed by atoms with Crippen LogP contribution in [0.3, 0.4) is 0 Å². The molecule has 0 spiro atoms. The number of amidine groups is 1. The third kappa shape index (κ3) is 5.23. The molecule has 7 heteroatoms. The number of ether oxygens (including phenoxy) is 1. The highest BCUT2D eigenvalue weighted by atomic mass is 79.9. The molecule has 1 fully saturated rings. The standard InChI is InChI=1S/C21H22BrN3O2S/c1-3-4-19-20(26)25(14-16-7-11-18(27-2)12-8-16)21(28-19)24-23-13-15-5-9-17(22)10-6-15/h5-13,19H,3-4,14H2,1-2H3/b23-13-,24-21+/t19-/m1/s1. The zero-order chi connectivity index (χ0) is 19.9. The fraction of sp³-hybridized carbons (Fsp3) is 0.286. The van der Waals surface area contributed by atoms with Gasteiger partial charge in [-0.3, -0.25) is 9.69 Å². The van der Waals surface area contributed by atoms with E-state index in [1.807, 2.05) is 48.5 Å². The van der Waals surface area contributed by atoms with E-state index in [9.17, 15) is 4.79 Å². The Bertz CT molecular complexity index is 866. The van der Waals surface area contributed by atoms with Gasteiger partial charge in [-0.1, -0.05) is 65.3 Å². The molecule has 0 radical (unpaired) electrons. The minimum Gasteiger partial charge on any atom is -0.497 e. The molecule has 1 aliphatic heterocycles. The van der Waals surface area contributed by atoms with E-state index in [4.69, 9.17) is 4.74 Å². The molecule has 0 unspecified atom stereocenters. The quantitative estimate of drug-likeness (QED) is 0.427. The second kappa shape index (κ2) is 9.89. The Hall–Kier alpha value is -2.12. The summed E-state index contributed by atoms with van der Waals surface area (Å²) in [5.74, 6) is 0.892. The Morgan fingerprint density at radius 1 is 1.18 bits per heavy atom. The summed E-state index contributed by atoms with van der Waals surface area (Å²) in [6.45, 7) is 2.56. The molecule has 1 heterocycles. The van der Waals surface area contributed by atoms with Crippen molar-refractivity contribution in [3.8, 4) is 5.75 Å². The number of hydrogen-bond acceptors (Lipinski definition) is 5. The molecule has 3 rings (SSSR count). The fourth-order valence-corrected chi connectivity index (χ4v) is 4.26. The van der Waals surface area contributed by atoms with Crippen LogP contribution in [0.1, 0.15) is 30.9 Å². The first-order valence-corrected chi connectivity index (χ1v) is 10.8. The highest BCUT2D eigenvalue weighted by Crippen LogP contribution is 2.32. The summed E-state index contributed by atoms with van der Waals surface area (Å²) < 4.78 is 6.22. The molecule has 1 aliphatic rings. The van der Waals surface area contributed by atoms with Gasteiger partial charge in [-0.2, -0.15) is 5.10 Å². The predicted octanol–water partition coefficient (Wildman–Crippen LogP) is 5.09. The van der Waals surface area contributed by atoms with E-state index >= 15 is 0 Å². The van der Waals surface area contributed by atoms with Gasteiger partial charge in [0, 0.05) is 4.47 Å². The first-order chi connectivity index (χ1) is 13.6. The largest absolute Gasteiger partial charge is 0.497 e. The minimum atomic E-state index is -0.0927. The molecule has 1 atom stereocenters. The molecule has 28 heavy (non-hydrogen) atoms. The Morgan fingerprint density at radius 2 is 1.89 bits per heavy atom. The molecule has 0 aliphatic carbocycles. The summed E-state index contributed by atoms with van der Waals surface area (Å²) in [4.78, 5) is 14.6. The number of amides is 1. The number of thioether (sulfide) groups is 1. The lowest BCUT2D eigenvalue weighted by atomic mass is 10.2. The normalized spacial score (nSPS) is 18.4. The summed E-state index contributed by atoms with van der Waals surface area (Å²) in [6, 6.07) is 15.5. The molecule has 5 nitrogen and oxygen atoms in total. The third-order valence-electron chi connectivity index (χ3n) is 4.29. The van der Waals surface area contributed by atoms with Gasteiger partial charge in [-0.15, -0.1) is 5.10 Å². The highest BCUT2D eigenvalue weighted by Gasteiger charge is 2.37. The molecule has 2 aromatic rings. The molecular weight excluding hydrogens is 438 g/mol. The van der Waals surface area contributed by atoms with Crippen molar-refractivity contribution in [3.63, 3.8) is 0 Å². The van der Waals surface area contributed by atoms with E-state index in [-0.39, 0.29) is 11.2 Å². The van der Waals surface area contributed by atoms with E-state index < -0.39 is 0 Å². The lowest BCUT2D eigenvalue weighted by Crippen LogP contribution is -2.31. The Morgan fingerprint density at radius 3 is 2.54 bits per heavy atom. The fourth-order valence-electron chi connectivity index (χ4n) is 2.78. The maximum Gasteiger partial charge on any atom is 0.242 e. The van der Waals surface area contributed by atoms with Crippen LogP contribution in [0.5, 0.6) is 5.75 Å². The SMILES string of the molecule is CCC[C@H]1S/C(=N/N=C\c2ccc(Br)cc2)N(Cc2ccc(OC)cc2)C1=O. The van der Waals surface area contributed by atoms with E-state index in [2.05, 4.69) is 33.1 Å². The van der Waals surface area contributed by atoms with Crippen LogP contribution in [-0.4, -0.2) is 34.5 Å². The Balaban J connectivity index is 1.78. The molecule has 2 aromatic carbocycles. The Labute approximate surface area is 178 Å². The molecule has 0 bridgehead atoms. The van der Waals surface area contributed by atoms with Gasteiger partial charge in [0.05, 0.1) is 25.1 Å². The van der Waals surface area contributed by atoms with Crippen molar-refractivity contribution < 1.29 is 9.53 Å². The molecule has 146 valence electrons. The average Bonchev–Trinajstić information content (AvgIpc) is 2.99. The molecule has 1 amide bonds. The highest BCUT2D eigenvalue weighted by molar-refractivity contribution is 9.10. The monoisotopic (exact) mass is 459 g/mol. The van der Waals surface area contributed by atoms with Gasteiger partial charge in [0.15, 0.2) is 5.17 Å². The van der Waals surface area contributed by atoms with Crippen LogP contribution in [0, 0.1) is 0 Å². The van der Waals surface area contributed by atoms with Crippen LogP contribution in [0.2, 0.25) is 0 Å². The number of carbonyl (C=O) groups is 1. The van der Waals surface area contributed by atoms with Gasteiger partial charge < -0.3 is 4.74 Å². The van der Waals surface area contributed by atoms with E-state index in [0.717, 1.165) is 34.2 Å². The molecular formula is C21H22BrN3O2S. The van der Waals surface area contributed by atoms with Crippen LogP contribution in [0.25, 0.3) is 0 Å². The van der Waals surface area contributed by atoms with Gasteiger partial charge in [-0.25, -0.2) is 0 Å². The zero-order valence-corrected chi connectivity index (χ0v) is 18.2. The van der Waals surface area contributed by atoms with Gasteiger partial charge in [0.25, 0.3) is 0 Å².